The number of hydrogen-bond acceptors (Lipinski definition) is 3. The minimum absolute atomic E-state index is 0.127. The maximum atomic E-state index is 10.9. The molecule has 0 aromatic heterocycles. The van der Waals surface area contributed by atoms with Crippen LogP contribution in [0.25, 0.3) is 0 Å². The van der Waals surface area contributed by atoms with Crippen LogP contribution in [0, 0.1) is 0 Å². The third-order valence-corrected chi connectivity index (χ3v) is 2.21. The molecule has 2 N–H and O–H groups in total. The van der Waals surface area contributed by atoms with Crippen LogP contribution in [0.3, 0.4) is 0 Å². The van der Waals surface area contributed by atoms with E-state index in [0.717, 1.165) is 4.90 Å². The molecule has 0 aromatic carbocycles. The van der Waals surface area contributed by atoms with Gasteiger partial charge in [-0.2, -0.15) is 0 Å². The fourth-order valence-electron chi connectivity index (χ4n) is 1.33. The third kappa shape index (κ3) is 2.14. The molecule has 1 atom stereocenters. The van der Waals surface area contributed by atoms with Gasteiger partial charge in [-0.1, -0.05) is 0 Å². The van der Waals surface area contributed by atoms with Crippen molar-refractivity contribution < 1.29 is 24.5 Å². The van der Waals surface area contributed by atoms with Crippen molar-refractivity contribution in [2.45, 2.75) is 18.9 Å². The first kappa shape index (κ1) is 10.8. The third-order valence-electron chi connectivity index (χ3n) is 2.21. The SMILES string of the molecule is C[C@@]1(C(=O)O)CN(C(=O)O)CCCO1. The topological polar surface area (TPSA) is 87.1 Å². The zero-order chi connectivity index (χ0) is 10.8. The van der Waals surface area contributed by atoms with Crippen LogP contribution in [0.2, 0.25) is 0 Å². The molecular weight excluding hydrogens is 190 g/mol. The first-order chi connectivity index (χ1) is 6.46. The molecule has 1 aliphatic heterocycles. The maximum Gasteiger partial charge on any atom is 0.407 e. The van der Waals surface area contributed by atoms with E-state index in [0.29, 0.717) is 13.0 Å². The molecule has 1 rings (SSSR count). The number of aliphatic carboxylic acids is 1. The highest BCUT2D eigenvalue weighted by Crippen LogP contribution is 2.17. The summed E-state index contributed by atoms with van der Waals surface area (Å²) < 4.78 is 5.13. The lowest BCUT2D eigenvalue weighted by Crippen LogP contribution is -2.48. The lowest BCUT2D eigenvalue weighted by atomic mass is 10.1. The van der Waals surface area contributed by atoms with Gasteiger partial charge >= 0.3 is 12.1 Å². The average Bonchev–Trinajstić information content (AvgIpc) is 2.28. The van der Waals surface area contributed by atoms with E-state index in [1.54, 1.807) is 0 Å². The van der Waals surface area contributed by atoms with Crippen molar-refractivity contribution in [3.63, 3.8) is 0 Å². The molecule has 0 aromatic rings. The molecule has 1 heterocycles. The molecular formula is C8H13NO5. The van der Waals surface area contributed by atoms with Crippen molar-refractivity contribution in [2.24, 2.45) is 0 Å². The average molecular weight is 203 g/mol. The number of ether oxygens (including phenoxy) is 1. The van der Waals surface area contributed by atoms with Crippen LogP contribution >= 0.6 is 0 Å². The summed E-state index contributed by atoms with van der Waals surface area (Å²) in [4.78, 5) is 22.6. The van der Waals surface area contributed by atoms with Crippen molar-refractivity contribution in [3.8, 4) is 0 Å². The summed E-state index contributed by atoms with van der Waals surface area (Å²) in [7, 11) is 0. The van der Waals surface area contributed by atoms with Gasteiger partial charge < -0.3 is 19.8 Å². The zero-order valence-corrected chi connectivity index (χ0v) is 7.89. The van der Waals surface area contributed by atoms with E-state index >= 15 is 0 Å². The van der Waals surface area contributed by atoms with E-state index in [4.69, 9.17) is 14.9 Å². The summed E-state index contributed by atoms with van der Waals surface area (Å²) in [6.45, 7) is 1.85. The molecule has 1 fully saturated rings. The zero-order valence-electron chi connectivity index (χ0n) is 7.89. The number of carboxylic acid groups (broad SMARTS) is 2. The molecule has 1 amide bonds. The van der Waals surface area contributed by atoms with Gasteiger partial charge in [-0.3, -0.25) is 0 Å². The summed E-state index contributed by atoms with van der Waals surface area (Å²) >= 11 is 0. The van der Waals surface area contributed by atoms with Crippen LogP contribution in [0.15, 0.2) is 0 Å². The highest BCUT2D eigenvalue weighted by molar-refractivity contribution is 5.78. The molecule has 80 valence electrons. The molecule has 0 spiro atoms. The standard InChI is InChI=1S/C8H13NO5/c1-8(6(10)11)5-9(7(12)13)3-2-4-14-8/h2-5H2,1H3,(H,10,11)(H,12,13)/t8-/m0/s1. The number of hydrogen-bond donors (Lipinski definition) is 2. The Morgan fingerprint density at radius 3 is 2.57 bits per heavy atom. The molecule has 6 heteroatoms. The summed E-state index contributed by atoms with van der Waals surface area (Å²) in [5.74, 6) is -1.13. The van der Waals surface area contributed by atoms with E-state index < -0.39 is 17.7 Å². The highest BCUT2D eigenvalue weighted by atomic mass is 16.5. The van der Waals surface area contributed by atoms with Crippen LogP contribution in [-0.2, 0) is 9.53 Å². The summed E-state index contributed by atoms with van der Waals surface area (Å²) in [6.07, 6.45) is -0.585. The Morgan fingerprint density at radius 2 is 2.07 bits per heavy atom. The van der Waals surface area contributed by atoms with Gasteiger partial charge in [0.15, 0.2) is 5.60 Å². The molecule has 1 aliphatic rings. The van der Waals surface area contributed by atoms with Crippen molar-refractivity contribution in [2.75, 3.05) is 19.7 Å². The van der Waals surface area contributed by atoms with Crippen molar-refractivity contribution in [3.05, 3.63) is 0 Å². The van der Waals surface area contributed by atoms with Crippen LogP contribution < -0.4 is 0 Å². The lowest BCUT2D eigenvalue weighted by molar-refractivity contribution is -0.163. The molecule has 0 aliphatic carbocycles. The van der Waals surface area contributed by atoms with E-state index in [1.807, 2.05) is 0 Å². The smallest absolute Gasteiger partial charge is 0.407 e. The largest absolute Gasteiger partial charge is 0.479 e. The van der Waals surface area contributed by atoms with Gasteiger partial charge in [0.25, 0.3) is 0 Å². The quantitative estimate of drug-likeness (QED) is 0.637. The Labute approximate surface area is 81.1 Å². The summed E-state index contributed by atoms with van der Waals surface area (Å²) in [5.41, 5.74) is -1.42. The second kappa shape index (κ2) is 3.83. The summed E-state index contributed by atoms with van der Waals surface area (Å²) in [5, 5.41) is 17.6. The van der Waals surface area contributed by atoms with Gasteiger partial charge in [-0.05, 0) is 13.3 Å². The van der Waals surface area contributed by atoms with Crippen LogP contribution in [0.4, 0.5) is 4.79 Å². The molecule has 0 unspecified atom stereocenters. The Kier molecular flexibility index (Phi) is 2.95. The van der Waals surface area contributed by atoms with E-state index in [1.165, 1.54) is 6.92 Å². The van der Waals surface area contributed by atoms with E-state index in [2.05, 4.69) is 0 Å². The Morgan fingerprint density at radius 1 is 1.43 bits per heavy atom. The predicted octanol–water partition coefficient (Wildman–Crippen LogP) is 0.230. The predicted molar refractivity (Wildman–Crippen MR) is 46.2 cm³/mol. The maximum absolute atomic E-state index is 10.9. The monoisotopic (exact) mass is 203 g/mol. The van der Waals surface area contributed by atoms with Crippen LogP contribution in [0.5, 0.6) is 0 Å². The Balaban J connectivity index is 2.78. The van der Waals surface area contributed by atoms with Gasteiger partial charge in [0, 0.05) is 13.2 Å². The number of amides is 1. The fraction of sp³-hybridized carbons (Fsp3) is 0.750. The van der Waals surface area contributed by atoms with Crippen molar-refractivity contribution in [1.82, 2.24) is 4.90 Å². The molecule has 0 saturated carbocycles. The number of carboxylic acids is 1. The first-order valence-corrected chi connectivity index (χ1v) is 4.31. The Bertz CT molecular complexity index is 254. The number of nitrogens with zero attached hydrogens (tertiary/aromatic N) is 1. The highest BCUT2D eigenvalue weighted by Gasteiger charge is 2.39. The van der Waals surface area contributed by atoms with E-state index in [-0.39, 0.29) is 13.2 Å². The fourth-order valence-corrected chi connectivity index (χ4v) is 1.33. The lowest BCUT2D eigenvalue weighted by Gasteiger charge is -2.26. The van der Waals surface area contributed by atoms with Crippen molar-refractivity contribution in [1.29, 1.82) is 0 Å². The normalized spacial score (nSPS) is 28.2. The van der Waals surface area contributed by atoms with Crippen LogP contribution in [-0.4, -0.2) is 52.5 Å². The van der Waals surface area contributed by atoms with E-state index in [9.17, 15) is 9.59 Å². The molecule has 6 nitrogen and oxygen atoms in total. The number of carbonyl (C=O) groups is 2. The van der Waals surface area contributed by atoms with Gasteiger partial charge in [0.05, 0.1) is 6.54 Å². The van der Waals surface area contributed by atoms with Gasteiger partial charge in [-0.15, -0.1) is 0 Å². The van der Waals surface area contributed by atoms with Gasteiger partial charge in [0.1, 0.15) is 0 Å². The van der Waals surface area contributed by atoms with Gasteiger partial charge in [0.2, 0.25) is 0 Å². The minimum Gasteiger partial charge on any atom is -0.479 e. The van der Waals surface area contributed by atoms with Gasteiger partial charge in [-0.25, -0.2) is 9.59 Å². The second-order valence-electron chi connectivity index (χ2n) is 3.44. The molecule has 0 radical (unpaired) electrons. The Hall–Kier alpha value is -1.30. The van der Waals surface area contributed by atoms with Crippen LogP contribution in [0.1, 0.15) is 13.3 Å². The molecule has 0 bridgehead atoms. The molecule has 1 saturated heterocycles. The second-order valence-corrected chi connectivity index (χ2v) is 3.44. The first-order valence-electron chi connectivity index (χ1n) is 4.31. The minimum atomic E-state index is -1.42. The van der Waals surface area contributed by atoms with Crippen molar-refractivity contribution >= 4 is 12.1 Å². The molecule has 14 heavy (non-hydrogen) atoms. The summed E-state index contributed by atoms with van der Waals surface area (Å²) in [6, 6.07) is 0. The number of rotatable bonds is 1.